The predicted octanol–water partition coefficient (Wildman–Crippen LogP) is 4.37. The fraction of sp³-hybridized carbons (Fsp3) is 0.512. The molecule has 3 unspecified atom stereocenters. The maximum atomic E-state index is 13.2. The van der Waals surface area contributed by atoms with Crippen LogP contribution in [0.2, 0.25) is 5.02 Å². The molecule has 61 heavy (non-hydrogen) atoms. The first-order valence-corrected chi connectivity index (χ1v) is 21.4. The minimum atomic E-state index is -0.949. The summed E-state index contributed by atoms with van der Waals surface area (Å²) in [6.07, 6.45) is 6.48. The van der Waals surface area contributed by atoms with E-state index in [4.69, 9.17) is 26.4 Å². The molecule has 4 aromatic heterocycles. The van der Waals surface area contributed by atoms with Crippen LogP contribution in [0.25, 0.3) is 21.9 Å². The van der Waals surface area contributed by atoms with E-state index < -0.39 is 11.8 Å². The van der Waals surface area contributed by atoms with Gasteiger partial charge >= 0.3 is 0 Å². The number of piperidine rings is 3. The van der Waals surface area contributed by atoms with Gasteiger partial charge in [0.25, 0.3) is 11.5 Å². The third-order valence-electron chi connectivity index (χ3n) is 12.9. The molecule has 324 valence electrons. The Bertz CT molecular complexity index is 2510. The first kappa shape index (κ1) is 42.2. The van der Waals surface area contributed by atoms with E-state index in [2.05, 4.69) is 53.9 Å². The van der Waals surface area contributed by atoms with Gasteiger partial charge in [-0.15, -0.1) is 0 Å². The molecule has 3 atom stereocenters. The summed E-state index contributed by atoms with van der Waals surface area (Å²) in [5, 5.41) is 37.8. The molecule has 5 N–H and O–H groups in total. The zero-order chi connectivity index (χ0) is 43.2. The molecular weight excluding hydrogens is 802 g/mol. The number of halogens is 1. The molecule has 0 bridgehead atoms. The van der Waals surface area contributed by atoms with Crippen molar-refractivity contribution in [2.24, 2.45) is 18.9 Å². The molecule has 18 heteroatoms. The molecule has 3 aliphatic rings. The number of aromatic nitrogens is 6. The number of carbonyl (C=O) groups excluding carboxylic acids is 2. The Morgan fingerprint density at radius 1 is 1.02 bits per heavy atom. The topological polar surface area (TPSA) is 205 Å². The highest BCUT2D eigenvalue weighted by Crippen LogP contribution is 2.41. The normalized spacial score (nSPS) is 20.2. The van der Waals surface area contributed by atoms with Gasteiger partial charge in [-0.25, -0.2) is 9.97 Å². The highest BCUT2D eigenvalue weighted by molar-refractivity contribution is 6.32. The number of benzene rings is 1. The maximum absolute atomic E-state index is 13.2. The van der Waals surface area contributed by atoms with Crippen molar-refractivity contribution < 1.29 is 24.5 Å². The Morgan fingerprint density at radius 3 is 2.39 bits per heavy atom. The average Bonchev–Trinajstić information content (AvgIpc) is 3.58. The van der Waals surface area contributed by atoms with E-state index in [9.17, 15) is 24.6 Å². The number of pyridine rings is 2. The van der Waals surface area contributed by atoms with Gasteiger partial charge in [0.2, 0.25) is 11.9 Å². The smallest absolute Gasteiger partial charge is 0.294 e. The Morgan fingerprint density at radius 2 is 1.72 bits per heavy atom. The molecule has 17 nitrogen and oxygen atoms in total. The molecule has 0 radical (unpaired) electrons. The minimum absolute atomic E-state index is 0.0460. The highest BCUT2D eigenvalue weighted by Gasteiger charge is 2.42. The molecule has 0 saturated carbocycles. The number of ether oxygens (including phenoxy) is 1. The molecule has 5 aromatic rings. The van der Waals surface area contributed by atoms with Crippen LogP contribution in [-0.2, 0) is 16.6 Å². The van der Waals surface area contributed by atoms with Crippen molar-refractivity contribution >= 4 is 68.5 Å². The van der Waals surface area contributed by atoms with Crippen LogP contribution in [0.15, 0.2) is 47.5 Å². The number of aliphatic hydroxyl groups excluding tert-OH is 1. The number of aryl methyl sites for hydroxylation is 1. The lowest BCUT2D eigenvalue weighted by Gasteiger charge is -2.46. The number of rotatable bonds is 11. The highest BCUT2D eigenvalue weighted by atomic mass is 35.5. The molecule has 3 saturated heterocycles. The van der Waals surface area contributed by atoms with Crippen LogP contribution >= 0.6 is 11.6 Å². The number of aliphatic hydroxyl groups is 2. The van der Waals surface area contributed by atoms with Crippen LogP contribution in [0.4, 0.5) is 23.1 Å². The van der Waals surface area contributed by atoms with E-state index in [0.717, 1.165) is 61.1 Å². The Labute approximate surface area is 358 Å². The molecule has 0 aliphatic carbocycles. The fourth-order valence-electron chi connectivity index (χ4n) is 9.33. The molecular formula is C43H54ClN11O6. The number of likely N-dealkylation sites (N-methyl/N-ethyl adjacent to an activating group) is 1. The van der Waals surface area contributed by atoms with Crippen LogP contribution in [0, 0.1) is 11.8 Å². The van der Waals surface area contributed by atoms with Crippen molar-refractivity contribution in [2.75, 3.05) is 55.0 Å². The maximum Gasteiger partial charge on any atom is 0.294 e. The number of carbonyl (C=O) groups is 2. The van der Waals surface area contributed by atoms with Crippen molar-refractivity contribution in [1.29, 1.82) is 0 Å². The summed E-state index contributed by atoms with van der Waals surface area (Å²) in [6, 6.07) is 9.54. The SMILES string of the molecule is CNC(=O)COc1cc2cc(Nc3nc(N4CCC(C(C)(O)C5CCN(c6ccc7c(C8CCC(=O)NC8O)nn(C)c7c6)CC5)CC4)ncc3Cl)cnc2n(C(C)C)c1=O. The lowest BCUT2D eigenvalue weighted by Crippen LogP contribution is -2.51. The predicted molar refractivity (Wildman–Crippen MR) is 234 cm³/mol. The average molecular weight is 856 g/mol. The van der Waals surface area contributed by atoms with Crippen LogP contribution in [0.5, 0.6) is 5.75 Å². The lowest BCUT2D eigenvalue weighted by molar-refractivity contribution is -0.127. The fourth-order valence-corrected chi connectivity index (χ4v) is 9.47. The molecule has 1 aromatic carbocycles. The van der Waals surface area contributed by atoms with Crippen LogP contribution in [-0.4, -0.2) is 103 Å². The van der Waals surface area contributed by atoms with Gasteiger partial charge in [-0.3, -0.25) is 23.6 Å². The van der Waals surface area contributed by atoms with Crippen LogP contribution in [0.1, 0.15) is 76.9 Å². The number of hydrogen-bond donors (Lipinski definition) is 5. The molecule has 8 rings (SSSR count). The van der Waals surface area contributed by atoms with Gasteiger partial charge in [0, 0.05) is 75.1 Å². The second kappa shape index (κ2) is 17.1. The van der Waals surface area contributed by atoms with Gasteiger partial charge in [-0.05, 0) is 95.0 Å². The second-order valence-electron chi connectivity index (χ2n) is 17.0. The van der Waals surface area contributed by atoms with Crippen molar-refractivity contribution in [1.82, 2.24) is 39.9 Å². The third-order valence-corrected chi connectivity index (χ3v) is 13.1. The standard InChI is InChI=1S/C43H54ClN11O6/c1-24(2)55-39-25(19-34(41(55)59)61-23-36(57)45-4)18-28(21-46-39)48-38-32(44)22-47-42(50-38)54-16-12-27(13-17-54)43(3,60)26-10-14-53(15-11-26)29-6-7-30-33(20-29)52(5)51-37(30)31-8-9-35(56)49-40(31)58/h6-7,18-22,24,26-27,31,40,58,60H,8-17,23H2,1-5H3,(H,45,57)(H,49,56)(H,47,48,50). The van der Waals surface area contributed by atoms with Gasteiger partial charge in [0.1, 0.15) is 16.9 Å². The second-order valence-corrected chi connectivity index (χ2v) is 17.4. The van der Waals surface area contributed by atoms with Crippen molar-refractivity contribution in [3.05, 3.63) is 63.8 Å². The number of nitrogens with one attached hydrogen (secondary N) is 3. The summed E-state index contributed by atoms with van der Waals surface area (Å²) in [4.78, 5) is 55.3. The zero-order valence-electron chi connectivity index (χ0n) is 35.2. The molecule has 3 fully saturated rings. The largest absolute Gasteiger partial charge is 0.478 e. The molecule has 3 aliphatic heterocycles. The first-order chi connectivity index (χ1) is 29.2. The van der Waals surface area contributed by atoms with E-state index in [1.807, 2.05) is 38.6 Å². The summed E-state index contributed by atoms with van der Waals surface area (Å²) in [7, 11) is 3.42. The number of fused-ring (bicyclic) bond motifs is 2. The molecule has 7 heterocycles. The molecule has 2 amide bonds. The summed E-state index contributed by atoms with van der Waals surface area (Å²) < 4.78 is 8.98. The Kier molecular flexibility index (Phi) is 11.8. The zero-order valence-corrected chi connectivity index (χ0v) is 35.9. The summed E-state index contributed by atoms with van der Waals surface area (Å²) >= 11 is 6.60. The van der Waals surface area contributed by atoms with Gasteiger partial charge in [0.05, 0.1) is 34.9 Å². The van der Waals surface area contributed by atoms with Gasteiger partial charge in [0.15, 0.2) is 18.2 Å². The first-order valence-electron chi connectivity index (χ1n) is 21.1. The molecule has 0 spiro atoms. The minimum Gasteiger partial charge on any atom is -0.478 e. The lowest BCUT2D eigenvalue weighted by atomic mass is 9.70. The number of amides is 2. The van der Waals surface area contributed by atoms with Crippen molar-refractivity contribution in [2.45, 2.75) is 83.1 Å². The van der Waals surface area contributed by atoms with Crippen molar-refractivity contribution in [3.8, 4) is 5.75 Å². The van der Waals surface area contributed by atoms with E-state index in [0.29, 0.717) is 59.4 Å². The van der Waals surface area contributed by atoms with E-state index in [1.54, 1.807) is 18.5 Å². The quantitative estimate of drug-likeness (QED) is 0.125. The van der Waals surface area contributed by atoms with Gasteiger partial charge < -0.3 is 40.7 Å². The Hall–Kier alpha value is -5.52. The third kappa shape index (κ3) is 8.42. The van der Waals surface area contributed by atoms with Crippen molar-refractivity contribution in [3.63, 3.8) is 0 Å². The summed E-state index contributed by atoms with van der Waals surface area (Å²) in [5.41, 5.74) is 2.75. The van der Waals surface area contributed by atoms with Crippen LogP contribution in [0.3, 0.4) is 0 Å². The van der Waals surface area contributed by atoms with Crippen LogP contribution < -0.4 is 36.0 Å². The van der Waals surface area contributed by atoms with E-state index in [-0.39, 0.29) is 53.5 Å². The van der Waals surface area contributed by atoms with Gasteiger partial charge in [-0.2, -0.15) is 10.1 Å². The van der Waals surface area contributed by atoms with E-state index >= 15 is 0 Å². The number of hydrogen-bond acceptors (Lipinski definition) is 13. The summed E-state index contributed by atoms with van der Waals surface area (Å²) in [5.74, 6) is 0.513. The Balaban J connectivity index is 0.893. The number of anilines is 4. The number of nitrogens with zero attached hydrogens (tertiary/aromatic N) is 8. The summed E-state index contributed by atoms with van der Waals surface area (Å²) in [6.45, 7) is 8.50. The van der Waals surface area contributed by atoms with Gasteiger partial charge in [-0.1, -0.05) is 11.6 Å². The monoisotopic (exact) mass is 855 g/mol. The van der Waals surface area contributed by atoms with E-state index in [1.165, 1.54) is 11.6 Å².